The SMILES string of the molecule is CCCCCCCCCCCCCCCC(=O)O.O=C(O)CCCCCC(=O)O.O=C(O)CCCCCCCC(=O)O. The van der Waals surface area contributed by atoms with Crippen molar-refractivity contribution < 1.29 is 49.5 Å². The van der Waals surface area contributed by atoms with E-state index < -0.39 is 29.8 Å². The largest absolute Gasteiger partial charge is 0.481 e. The van der Waals surface area contributed by atoms with Crippen LogP contribution in [0.5, 0.6) is 0 Å². The van der Waals surface area contributed by atoms with Crippen molar-refractivity contribution in [3.8, 4) is 0 Å². The normalized spacial score (nSPS) is 10.1. The van der Waals surface area contributed by atoms with Gasteiger partial charge in [-0.3, -0.25) is 24.0 Å². The molecule has 248 valence electrons. The Labute approximate surface area is 253 Å². The topological polar surface area (TPSA) is 186 Å². The van der Waals surface area contributed by atoms with E-state index in [1.54, 1.807) is 0 Å². The van der Waals surface area contributed by atoms with Crippen molar-refractivity contribution in [1.82, 2.24) is 0 Å². The van der Waals surface area contributed by atoms with Gasteiger partial charge in [0.15, 0.2) is 0 Å². The lowest BCUT2D eigenvalue weighted by Gasteiger charge is -2.02. The Morgan fingerprint density at radius 3 is 0.595 bits per heavy atom. The quantitative estimate of drug-likeness (QED) is 0.0541. The summed E-state index contributed by atoms with van der Waals surface area (Å²) in [5.74, 6) is -3.81. The van der Waals surface area contributed by atoms with Crippen LogP contribution in [0.1, 0.15) is 174 Å². The zero-order valence-electron chi connectivity index (χ0n) is 26.2. The van der Waals surface area contributed by atoms with Gasteiger partial charge in [-0.05, 0) is 32.1 Å². The highest BCUT2D eigenvalue weighted by Gasteiger charge is 2.00. The van der Waals surface area contributed by atoms with E-state index in [2.05, 4.69) is 6.92 Å². The van der Waals surface area contributed by atoms with Crippen LogP contribution in [-0.2, 0) is 24.0 Å². The molecule has 0 spiro atoms. The molecule has 0 fully saturated rings. The second-order valence-electron chi connectivity index (χ2n) is 10.8. The zero-order chi connectivity index (χ0) is 32.3. The third-order valence-corrected chi connectivity index (χ3v) is 6.56. The van der Waals surface area contributed by atoms with Crippen LogP contribution in [0.2, 0.25) is 0 Å². The van der Waals surface area contributed by atoms with Gasteiger partial charge in [-0.15, -0.1) is 0 Å². The van der Waals surface area contributed by atoms with Crippen LogP contribution in [-0.4, -0.2) is 55.4 Å². The van der Waals surface area contributed by atoms with Gasteiger partial charge in [0, 0.05) is 32.1 Å². The highest BCUT2D eigenvalue weighted by molar-refractivity contribution is 5.67. The fourth-order valence-electron chi connectivity index (χ4n) is 4.11. The number of carboxylic acid groups (broad SMARTS) is 5. The zero-order valence-corrected chi connectivity index (χ0v) is 26.2. The molecular formula is C32H60O10. The second kappa shape index (κ2) is 36.4. The van der Waals surface area contributed by atoms with Crippen LogP contribution in [0.25, 0.3) is 0 Å². The van der Waals surface area contributed by atoms with Gasteiger partial charge < -0.3 is 25.5 Å². The summed E-state index contributed by atoms with van der Waals surface area (Å²) in [6.07, 6.45) is 23.9. The summed E-state index contributed by atoms with van der Waals surface area (Å²) in [5.41, 5.74) is 0. The molecule has 0 saturated heterocycles. The molecule has 0 aromatic heterocycles. The van der Waals surface area contributed by atoms with Crippen molar-refractivity contribution in [2.24, 2.45) is 0 Å². The molecule has 0 aliphatic heterocycles. The minimum absolute atomic E-state index is 0.139. The lowest BCUT2D eigenvalue weighted by atomic mass is 10.0. The Balaban J connectivity index is -0.000000563. The van der Waals surface area contributed by atoms with E-state index >= 15 is 0 Å². The van der Waals surface area contributed by atoms with Gasteiger partial charge in [0.25, 0.3) is 0 Å². The number of carbonyl (C=O) groups is 5. The minimum Gasteiger partial charge on any atom is -0.481 e. The van der Waals surface area contributed by atoms with E-state index in [9.17, 15) is 24.0 Å². The summed E-state index contributed by atoms with van der Waals surface area (Å²) >= 11 is 0. The summed E-state index contributed by atoms with van der Waals surface area (Å²) < 4.78 is 0. The summed E-state index contributed by atoms with van der Waals surface area (Å²) in [6.45, 7) is 2.26. The van der Waals surface area contributed by atoms with Crippen LogP contribution in [0.3, 0.4) is 0 Å². The van der Waals surface area contributed by atoms with Crippen LogP contribution >= 0.6 is 0 Å². The Bertz CT molecular complexity index is 630. The monoisotopic (exact) mass is 604 g/mol. The lowest BCUT2D eigenvalue weighted by molar-refractivity contribution is -0.138. The molecule has 0 aromatic carbocycles. The van der Waals surface area contributed by atoms with Gasteiger partial charge in [-0.2, -0.15) is 0 Å². The Kier molecular flexibility index (Phi) is 37.9. The summed E-state index contributed by atoms with van der Waals surface area (Å²) in [5, 5.41) is 41.5. The van der Waals surface area contributed by atoms with Crippen LogP contribution in [0.4, 0.5) is 0 Å². The van der Waals surface area contributed by atoms with Gasteiger partial charge in [0.2, 0.25) is 0 Å². The molecule has 0 aromatic rings. The molecule has 0 amide bonds. The first kappa shape index (κ1) is 43.8. The Morgan fingerprint density at radius 2 is 0.429 bits per heavy atom. The maximum absolute atomic E-state index is 10.3. The smallest absolute Gasteiger partial charge is 0.303 e. The second-order valence-corrected chi connectivity index (χ2v) is 10.8. The van der Waals surface area contributed by atoms with Crippen molar-refractivity contribution in [3.63, 3.8) is 0 Å². The molecule has 0 unspecified atom stereocenters. The van der Waals surface area contributed by atoms with Crippen molar-refractivity contribution in [2.45, 2.75) is 174 Å². The van der Waals surface area contributed by atoms with E-state index in [0.29, 0.717) is 38.5 Å². The fourth-order valence-corrected chi connectivity index (χ4v) is 4.11. The maximum Gasteiger partial charge on any atom is 0.303 e. The van der Waals surface area contributed by atoms with E-state index in [0.717, 1.165) is 32.1 Å². The van der Waals surface area contributed by atoms with Gasteiger partial charge in [-0.25, -0.2) is 0 Å². The van der Waals surface area contributed by atoms with E-state index in [1.165, 1.54) is 70.6 Å². The highest BCUT2D eigenvalue weighted by atomic mass is 16.4. The predicted octanol–water partition coefficient (Wildman–Crippen LogP) is 8.54. The third-order valence-electron chi connectivity index (χ3n) is 6.56. The molecule has 0 atom stereocenters. The van der Waals surface area contributed by atoms with Gasteiger partial charge in [-0.1, -0.05) is 110 Å². The molecule has 10 nitrogen and oxygen atoms in total. The van der Waals surface area contributed by atoms with Crippen molar-refractivity contribution in [1.29, 1.82) is 0 Å². The molecule has 42 heavy (non-hydrogen) atoms. The van der Waals surface area contributed by atoms with Gasteiger partial charge in [0.05, 0.1) is 0 Å². The van der Waals surface area contributed by atoms with E-state index in [1.807, 2.05) is 0 Å². The fraction of sp³-hybridized carbons (Fsp3) is 0.844. The molecule has 5 N–H and O–H groups in total. The number of aliphatic carboxylic acids is 5. The Morgan fingerprint density at radius 1 is 0.286 bits per heavy atom. The average Bonchev–Trinajstić information content (AvgIpc) is 2.90. The van der Waals surface area contributed by atoms with Crippen molar-refractivity contribution in [2.75, 3.05) is 0 Å². The first-order chi connectivity index (χ1) is 20.0. The number of unbranched alkanes of at least 4 members (excludes halogenated alkanes) is 18. The van der Waals surface area contributed by atoms with E-state index in [4.69, 9.17) is 25.5 Å². The molecule has 0 bridgehead atoms. The molecule has 0 aliphatic rings. The lowest BCUT2D eigenvalue weighted by Crippen LogP contribution is -1.96. The van der Waals surface area contributed by atoms with Gasteiger partial charge >= 0.3 is 29.8 Å². The highest BCUT2D eigenvalue weighted by Crippen LogP contribution is 2.13. The number of rotatable bonds is 28. The molecule has 0 saturated carbocycles. The predicted molar refractivity (Wildman–Crippen MR) is 164 cm³/mol. The summed E-state index contributed by atoms with van der Waals surface area (Å²) in [4.78, 5) is 50.5. The van der Waals surface area contributed by atoms with Crippen molar-refractivity contribution in [3.05, 3.63) is 0 Å². The molecule has 0 rings (SSSR count). The molecule has 10 heteroatoms. The molecule has 0 heterocycles. The van der Waals surface area contributed by atoms with Crippen LogP contribution in [0.15, 0.2) is 0 Å². The van der Waals surface area contributed by atoms with Crippen molar-refractivity contribution >= 4 is 29.8 Å². The average molecular weight is 605 g/mol. The molecule has 0 aliphatic carbocycles. The Hall–Kier alpha value is -2.65. The minimum atomic E-state index is -0.819. The third kappa shape index (κ3) is 53.6. The number of hydrogen-bond donors (Lipinski definition) is 5. The number of carboxylic acids is 5. The van der Waals surface area contributed by atoms with Crippen LogP contribution < -0.4 is 0 Å². The standard InChI is InChI=1S/C16H32O2.C9H16O4.C7H12O4/c1-2-3-4-5-6-7-8-9-10-11-12-13-14-15-16(17)18;10-8(11)6-4-2-1-3-5-7-9(12)13;8-6(9)4-2-1-3-5-7(10)11/h2-15H2,1H3,(H,17,18);1-7H2,(H,10,11)(H,12,13);1-5H2,(H,8,9)(H,10,11). The summed E-state index contributed by atoms with van der Waals surface area (Å²) in [7, 11) is 0. The molecular weight excluding hydrogens is 544 g/mol. The van der Waals surface area contributed by atoms with E-state index in [-0.39, 0.29) is 25.7 Å². The van der Waals surface area contributed by atoms with Crippen LogP contribution in [0, 0.1) is 0 Å². The summed E-state index contributed by atoms with van der Waals surface area (Å²) in [6, 6.07) is 0. The molecule has 0 radical (unpaired) electrons. The van der Waals surface area contributed by atoms with Gasteiger partial charge in [0.1, 0.15) is 0 Å². The number of hydrogen-bond acceptors (Lipinski definition) is 5. The first-order valence-electron chi connectivity index (χ1n) is 16.1. The maximum atomic E-state index is 10.3. The first-order valence-corrected chi connectivity index (χ1v) is 16.1.